The smallest absolute Gasteiger partial charge is 0.342 e. The van der Waals surface area contributed by atoms with E-state index in [4.69, 9.17) is 23.2 Å². The molecule has 2 aromatic heterocycles. The van der Waals surface area contributed by atoms with Crippen LogP contribution in [0.3, 0.4) is 0 Å². The monoisotopic (exact) mass is 507 g/mol. The van der Waals surface area contributed by atoms with Crippen LogP contribution in [-0.2, 0) is 16.0 Å². The predicted octanol–water partition coefficient (Wildman–Crippen LogP) is 3.88. The van der Waals surface area contributed by atoms with E-state index >= 15 is 0 Å². The van der Waals surface area contributed by atoms with Crippen molar-refractivity contribution in [2.75, 3.05) is 6.26 Å². The molecule has 3 rings (SSSR count). The highest BCUT2D eigenvalue weighted by Crippen LogP contribution is 2.29. The summed E-state index contributed by atoms with van der Waals surface area (Å²) in [6, 6.07) is 5.18. The van der Waals surface area contributed by atoms with Crippen LogP contribution < -0.4 is 5.32 Å². The number of hydrogen-bond donors (Lipinski definition) is 1. The van der Waals surface area contributed by atoms with Crippen LogP contribution in [0.5, 0.6) is 0 Å². The number of pyridine rings is 1. The van der Waals surface area contributed by atoms with E-state index in [1.807, 2.05) is 0 Å². The van der Waals surface area contributed by atoms with Crippen LogP contribution >= 0.6 is 23.2 Å². The molecule has 0 radical (unpaired) electrons. The van der Waals surface area contributed by atoms with E-state index in [9.17, 15) is 26.4 Å². The fraction of sp³-hybridized carbons (Fsp3) is 0.222. The molecule has 8 nitrogen and oxygen atoms in total. The van der Waals surface area contributed by atoms with Gasteiger partial charge in [-0.3, -0.25) is 4.79 Å². The van der Waals surface area contributed by atoms with Gasteiger partial charge in [0.05, 0.1) is 16.0 Å². The number of nitrogens with one attached hydrogen (secondary N) is 1. The SMILES string of the molecule is C[C@@H](NC(=O)c1cc(Cl)cc(S(C)(=O)=O)c1)c1nc(C(F)(F)F)nn1-c1ccc(Cl)cn1. The minimum Gasteiger partial charge on any atom is -0.342 e. The molecule has 0 saturated heterocycles. The molecule has 32 heavy (non-hydrogen) atoms. The molecule has 0 saturated carbocycles. The van der Waals surface area contributed by atoms with Gasteiger partial charge in [0, 0.05) is 23.0 Å². The number of rotatable bonds is 5. The first-order valence-corrected chi connectivity index (χ1v) is 11.4. The standard InChI is InChI=1S/C18H14Cl2F3N5O3S/c1-9(25-16(29)10-5-12(20)7-13(6-10)32(2,30)31)15-26-17(18(21,22)23)27-28(15)14-4-3-11(19)8-24-14/h3-9H,1-2H3,(H,25,29)/t9-/m1/s1. The zero-order valence-electron chi connectivity index (χ0n) is 16.4. The summed E-state index contributed by atoms with van der Waals surface area (Å²) < 4.78 is 64.1. The van der Waals surface area contributed by atoms with Crippen molar-refractivity contribution in [3.63, 3.8) is 0 Å². The Kier molecular flexibility index (Phi) is 6.50. The van der Waals surface area contributed by atoms with Crippen LogP contribution in [0.2, 0.25) is 10.0 Å². The Morgan fingerprint density at radius 1 is 1.16 bits per heavy atom. The van der Waals surface area contributed by atoms with Crippen molar-refractivity contribution < 1.29 is 26.4 Å². The average Bonchev–Trinajstić information content (AvgIpc) is 3.13. The zero-order valence-corrected chi connectivity index (χ0v) is 18.7. The predicted molar refractivity (Wildman–Crippen MR) is 110 cm³/mol. The Labute approximate surface area is 190 Å². The molecule has 0 unspecified atom stereocenters. The molecule has 0 fully saturated rings. The summed E-state index contributed by atoms with van der Waals surface area (Å²) in [6.45, 7) is 1.39. The van der Waals surface area contributed by atoms with Crippen molar-refractivity contribution in [2.45, 2.75) is 24.0 Å². The lowest BCUT2D eigenvalue weighted by molar-refractivity contribution is -0.144. The Bertz CT molecular complexity index is 1280. The second-order valence-corrected chi connectivity index (χ2v) is 9.57. The Balaban J connectivity index is 1.98. The summed E-state index contributed by atoms with van der Waals surface area (Å²) in [5.41, 5.74) is -0.100. The van der Waals surface area contributed by atoms with Gasteiger partial charge in [0.2, 0.25) is 0 Å². The van der Waals surface area contributed by atoms with E-state index in [0.717, 1.165) is 17.0 Å². The highest BCUT2D eigenvalue weighted by atomic mass is 35.5. The first kappa shape index (κ1) is 24.0. The molecule has 1 amide bonds. The normalized spacial score (nSPS) is 13.1. The van der Waals surface area contributed by atoms with Gasteiger partial charge in [-0.05, 0) is 37.3 Å². The minimum atomic E-state index is -4.84. The number of alkyl halides is 3. The van der Waals surface area contributed by atoms with Crippen molar-refractivity contribution in [1.29, 1.82) is 0 Å². The van der Waals surface area contributed by atoms with Gasteiger partial charge < -0.3 is 5.32 Å². The lowest BCUT2D eigenvalue weighted by atomic mass is 10.2. The Hall–Kier alpha value is -2.70. The van der Waals surface area contributed by atoms with E-state index in [-0.39, 0.29) is 32.1 Å². The van der Waals surface area contributed by atoms with Gasteiger partial charge in [-0.2, -0.15) is 17.9 Å². The Morgan fingerprint density at radius 3 is 2.41 bits per heavy atom. The largest absolute Gasteiger partial charge is 0.453 e. The van der Waals surface area contributed by atoms with Crippen molar-refractivity contribution in [3.05, 3.63) is 63.8 Å². The third kappa shape index (κ3) is 5.37. The maximum absolute atomic E-state index is 13.2. The molecular formula is C18H14Cl2F3N5O3S. The quantitative estimate of drug-likeness (QED) is 0.561. The van der Waals surface area contributed by atoms with Crippen molar-refractivity contribution in [3.8, 4) is 5.82 Å². The van der Waals surface area contributed by atoms with Gasteiger partial charge in [-0.1, -0.05) is 23.2 Å². The minimum absolute atomic E-state index is 0.00128. The molecule has 3 aromatic rings. The van der Waals surface area contributed by atoms with E-state index in [2.05, 4.69) is 20.4 Å². The third-order valence-corrected chi connectivity index (χ3v) is 5.64. The highest BCUT2D eigenvalue weighted by Gasteiger charge is 2.38. The Morgan fingerprint density at radius 2 is 1.84 bits per heavy atom. The zero-order chi connectivity index (χ0) is 23.8. The fourth-order valence-electron chi connectivity index (χ4n) is 2.64. The molecule has 1 aromatic carbocycles. The van der Waals surface area contributed by atoms with Gasteiger partial charge in [0.15, 0.2) is 21.5 Å². The van der Waals surface area contributed by atoms with Crippen molar-refractivity contribution >= 4 is 38.9 Å². The van der Waals surface area contributed by atoms with Crippen LogP contribution in [0.15, 0.2) is 41.4 Å². The summed E-state index contributed by atoms with van der Waals surface area (Å²) in [5, 5.41) is 6.19. The first-order chi connectivity index (χ1) is 14.8. The molecule has 0 aliphatic carbocycles. The molecule has 0 aliphatic heterocycles. The number of aromatic nitrogens is 4. The summed E-state index contributed by atoms with van der Waals surface area (Å²) in [6.07, 6.45) is -2.67. The van der Waals surface area contributed by atoms with E-state index in [1.54, 1.807) is 0 Å². The molecule has 0 bridgehead atoms. The third-order valence-electron chi connectivity index (χ3n) is 4.11. The van der Waals surface area contributed by atoms with Gasteiger partial charge in [0.1, 0.15) is 0 Å². The summed E-state index contributed by atoms with van der Waals surface area (Å²) in [5.74, 6) is -2.47. The second-order valence-electron chi connectivity index (χ2n) is 6.68. The number of carbonyl (C=O) groups is 1. The number of benzene rings is 1. The molecule has 2 heterocycles. The van der Waals surface area contributed by atoms with Crippen LogP contribution in [0, 0.1) is 0 Å². The lowest BCUT2D eigenvalue weighted by Crippen LogP contribution is -2.29. The first-order valence-electron chi connectivity index (χ1n) is 8.73. The van der Waals surface area contributed by atoms with Gasteiger partial charge >= 0.3 is 6.18 Å². The van der Waals surface area contributed by atoms with Crippen LogP contribution in [0.4, 0.5) is 13.2 Å². The molecule has 1 atom stereocenters. The molecular weight excluding hydrogens is 494 g/mol. The van der Waals surface area contributed by atoms with Crippen molar-refractivity contribution in [2.24, 2.45) is 0 Å². The van der Waals surface area contributed by atoms with Gasteiger partial charge in [-0.25, -0.2) is 18.4 Å². The van der Waals surface area contributed by atoms with Crippen LogP contribution in [0.1, 0.15) is 35.0 Å². The van der Waals surface area contributed by atoms with Crippen LogP contribution in [-0.4, -0.2) is 40.3 Å². The average molecular weight is 508 g/mol. The summed E-state index contributed by atoms with van der Waals surface area (Å²) in [4.78, 5) is 20.0. The maximum atomic E-state index is 13.2. The summed E-state index contributed by atoms with van der Waals surface area (Å²) >= 11 is 11.7. The highest BCUT2D eigenvalue weighted by molar-refractivity contribution is 7.90. The van der Waals surface area contributed by atoms with Gasteiger partial charge in [-0.15, -0.1) is 5.10 Å². The summed E-state index contributed by atoms with van der Waals surface area (Å²) in [7, 11) is -3.66. The number of amides is 1. The molecule has 0 spiro atoms. The number of halogens is 5. The number of nitrogens with zero attached hydrogens (tertiary/aromatic N) is 4. The molecule has 0 aliphatic rings. The second kappa shape index (κ2) is 8.68. The van der Waals surface area contributed by atoms with E-state index < -0.39 is 33.8 Å². The van der Waals surface area contributed by atoms with E-state index in [1.165, 1.54) is 37.4 Å². The van der Waals surface area contributed by atoms with Crippen LogP contribution in [0.25, 0.3) is 5.82 Å². The topological polar surface area (TPSA) is 107 Å². The lowest BCUT2D eigenvalue weighted by Gasteiger charge is -2.15. The molecule has 1 N–H and O–H groups in total. The van der Waals surface area contributed by atoms with Crippen molar-refractivity contribution in [1.82, 2.24) is 25.1 Å². The number of carbonyl (C=O) groups excluding carboxylic acids is 1. The number of sulfone groups is 1. The number of hydrogen-bond acceptors (Lipinski definition) is 6. The molecule has 170 valence electrons. The molecule has 14 heteroatoms. The van der Waals surface area contributed by atoms with Gasteiger partial charge in [0.25, 0.3) is 11.7 Å². The maximum Gasteiger partial charge on any atom is 0.453 e. The fourth-order valence-corrected chi connectivity index (χ4v) is 3.73. The van der Waals surface area contributed by atoms with E-state index in [0.29, 0.717) is 0 Å².